The maximum atomic E-state index is 14.5. The summed E-state index contributed by atoms with van der Waals surface area (Å²) in [6.07, 6.45) is 4.56. The van der Waals surface area contributed by atoms with Gasteiger partial charge < -0.3 is 19.5 Å². The van der Waals surface area contributed by atoms with Crippen molar-refractivity contribution in [3.05, 3.63) is 48.3 Å². The van der Waals surface area contributed by atoms with E-state index >= 15 is 0 Å². The molecular formula is C33H36FN5O4. The lowest BCUT2D eigenvalue weighted by Crippen LogP contribution is -2.43. The highest BCUT2D eigenvalue weighted by Gasteiger charge is 2.49. The number of benzene rings is 2. The van der Waals surface area contributed by atoms with Crippen LogP contribution in [0.25, 0.3) is 32.9 Å². The number of hydrogen-bond acceptors (Lipinski definition) is 9. The summed E-state index contributed by atoms with van der Waals surface area (Å²) >= 11 is 0. The quantitative estimate of drug-likeness (QED) is 0.248. The number of β-amino-alcohol motifs (C(OH)–C–C–N with tert-alkyl or cyclic N) is 1. The molecule has 0 bridgehead atoms. The Morgan fingerprint density at radius 2 is 1.95 bits per heavy atom. The van der Waals surface area contributed by atoms with Gasteiger partial charge in [0.2, 0.25) is 5.95 Å². The summed E-state index contributed by atoms with van der Waals surface area (Å²) in [6.45, 7) is 6.23. The molecule has 3 aliphatic heterocycles. The normalized spacial score (nSPS) is 24.0. The van der Waals surface area contributed by atoms with Crippen molar-refractivity contribution in [2.45, 2.75) is 63.8 Å². The monoisotopic (exact) mass is 585 g/mol. The van der Waals surface area contributed by atoms with Crippen LogP contribution in [0, 0.1) is 6.92 Å². The number of pyridine rings is 1. The lowest BCUT2D eigenvalue weighted by molar-refractivity contribution is -0.132. The lowest BCUT2D eigenvalue weighted by atomic mass is 9.94. The summed E-state index contributed by atoms with van der Waals surface area (Å²) in [6, 6.07) is 11.6. The molecule has 0 spiro atoms. The summed E-state index contributed by atoms with van der Waals surface area (Å²) in [7, 11) is 0. The molecule has 10 heteroatoms. The fraction of sp³-hybridized carbons (Fsp3) is 0.455. The molecule has 43 heavy (non-hydrogen) atoms. The van der Waals surface area contributed by atoms with Gasteiger partial charge in [-0.1, -0.05) is 24.3 Å². The van der Waals surface area contributed by atoms with Crippen LogP contribution in [0.2, 0.25) is 0 Å². The lowest BCUT2D eigenvalue weighted by Gasteiger charge is -2.32. The van der Waals surface area contributed by atoms with Gasteiger partial charge in [0.05, 0.1) is 22.9 Å². The van der Waals surface area contributed by atoms with E-state index in [9.17, 15) is 14.3 Å². The van der Waals surface area contributed by atoms with Crippen molar-refractivity contribution in [2.75, 3.05) is 37.7 Å². The molecule has 0 radical (unpaired) electrons. The molecule has 3 saturated heterocycles. The molecule has 3 aliphatic rings. The van der Waals surface area contributed by atoms with Crippen LogP contribution in [0.3, 0.4) is 0 Å². The van der Waals surface area contributed by atoms with Crippen molar-refractivity contribution >= 4 is 33.6 Å². The van der Waals surface area contributed by atoms with Crippen molar-refractivity contribution in [3.63, 3.8) is 0 Å². The highest BCUT2D eigenvalue weighted by Crippen LogP contribution is 2.45. The molecule has 4 aromatic rings. The number of piperidine rings is 1. The maximum absolute atomic E-state index is 14.5. The number of anilines is 1. The third-order valence-electron chi connectivity index (χ3n) is 9.17. The number of rotatable bonds is 6. The molecule has 0 saturated carbocycles. The molecule has 224 valence electrons. The van der Waals surface area contributed by atoms with E-state index in [0.29, 0.717) is 49.3 Å². The number of ether oxygens (including phenoxy) is 2. The first-order chi connectivity index (χ1) is 20.8. The van der Waals surface area contributed by atoms with E-state index in [1.807, 2.05) is 48.2 Å². The Hall–Kier alpha value is -3.89. The molecule has 7 rings (SSSR count). The zero-order valence-corrected chi connectivity index (χ0v) is 24.6. The minimum atomic E-state index is -0.859. The molecule has 0 aliphatic carbocycles. The maximum Gasteiger partial charge on any atom is 0.308 e. The third kappa shape index (κ3) is 5.16. The van der Waals surface area contributed by atoms with Crippen LogP contribution in [0.1, 0.15) is 44.7 Å². The predicted molar refractivity (Wildman–Crippen MR) is 162 cm³/mol. The molecule has 5 heterocycles. The molecule has 0 unspecified atom stereocenters. The largest absolute Gasteiger partial charge is 0.487 e. The summed E-state index contributed by atoms with van der Waals surface area (Å²) in [5.41, 5.74) is 2.64. The fourth-order valence-electron chi connectivity index (χ4n) is 7.17. The number of fused-ring (bicyclic) bond motifs is 3. The first kappa shape index (κ1) is 27.9. The number of halogens is 1. The first-order valence-electron chi connectivity index (χ1n) is 15.1. The van der Waals surface area contributed by atoms with Crippen molar-refractivity contribution in [3.8, 4) is 22.8 Å². The molecular weight excluding hydrogens is 549 g/mol. The zero-order valence-electron chi connectivity index (χ0n) is 24.6. The van der Waals surface area contributed by atoms with Crippen molar-refractivity contribution in [2.24, 2.45) is 0 Å². The Balaban J connectivity index is 1.32. The molecule has 3 atom stereocenters. The Labute approximate surface area is 249 Å². The summed E-state index contributed by atoms with van der Waals surface area (Å²) in [5.74, 6) is 0.908. The number of alkyl halides is 1. The topological polar surface area (TPSA) is 101 Å². The number of carbonyl (C=O) groups is 1. The number of aliphatic hydroxyl groups excluding tert-OH is 1. The highest BCUT2D eigenvalue weighted by molar-refractivity contribution is 6.03. The fourth-order valence-corrected chi connectivity index (χ4v) is 7.17. The molecule has 9 nitrogen and oxygen atoms in total. The molecule has 1 N–H and O–H groups in total. The van der Waals surface area contributed by atoms with Crippen LogP contribution in [0.4, 0.5) is 10.3 Å². The van der Waals surface area contributed by atoms with E-state index in [1.165, 1.54) is 6.92 Å². The number of aromatic nitrogens is 3. The molecule has 3 fully saturated rings. The van der Waals surface area contributed by atoms with Gasteiger partial charge in [-0.25, -0.2) is 14.4 Å². The predicted octanol–water partition coefficient (Wildman–Crippen LogP) is 5.00. The SMILES string of the molecule is CC(=O)Oc1cc(-c2cc3nc(N4CCC[C@@H](O)C4)ncc3c(C)n2)c2ccccc2c1OC[C@@]12CCCN1C[C@H](F)C2. The number of hydrogen-bond donors (Lipinski definition) is 1. The average Bonchev–Trinajstić information content (AvgIpc) is 3.51. The number of aliphatic hydroxyl groups is 1. The van der Waals surface area contributed by atoms with E-state index in [-0.39, 0.29) is 5.54 Å². The zero-order chi connectivity index (χ0) is 29.7. The van der Waals surface area contributed by atoms with Crippen LogP contribution in [-0.4, -0.2) is 81.5 Å². The van der Waals surface area contributed by atoms with Gasteiger partial charge in [0.25, 0.3) is 0 Å². The second kappa shape index (κ2) is 11.0. The van der Waals surface area contributed by atoms with E-state index in [1.54, 1.807) is 6.20 Å². The van der Waals surface area contributed by atoms with E-state index in [4.69, 9.17) is 19.4 Å². The van der Waals surface area contributed by atoms with Gasteiger partial charge in [-0.2, -0.15) is 0 Å². The number of aryl methyl sites for hydroxylation is 1. The van der Waals surface area contributed by atoms with Gasteiger partial charge in [0.15, 0.2) is 11.5 Å². The smallest absolute Gasteiger partial charge is 0.308 e. The van der Waals surface area contributed by atoms with Gasteiger partial charge in [-0.3, -0.25) is 14.7 Å². The summed E-state index contributed by atoms with van der Waals surface area (Å²) < 4.78 is 26.7. The Morgan fingerprint density at radius 1 is 1.12 bits per heavy atom. The van der Waals surface area contributed by atoms with Crippen molar-refractivity contribution < 1.29 is 23.8 Å². The van der Waals surface area contributed by atoms with Crippen LogP contribution < -0.4 is 14.4 Å². The van der Waals surface area contributed by atoms with Crippen molar-refractivity contribution in [1.82, 2.24) is 19.9 Å². The molecule has 2 aromatic carbocycles. The van der Waals surface area contributed by atoms with E-state index in [2.05, 4.69) is 9.88 Å². The second-order valence-electron chi connectivity index (χ2n) is 12.2. The average molecular weight is 586 g/mol. The van der Waals surface area contributed by atoms with Gasteiger partial charge in [0, 0.05) is 61.2 Å². The Morgan fingerprint density at radius 3 is 2.77 bits per heavy atom. The van der Waals surface area contributed by atoms with Gasteiger partial charge in [0.1, 0.15) is 12.8 Å². The molecule has 0 amide bonds. The minimum absolute atomic E-state index is 0.308. The first-order valence-corrected chi connectivity index (χ1v) is 15.1. The number of carbonyl (C=O) groups excluding carboxylic acids is 1. The second-order valence-corrected chi connectivity index (χ2v) is 12.2. The van der Waals surface area contributed by atoms with Crippen LogP contribution in [0.15, 0.2) is 42.6 Å². The number of esters is 1. The van der Waals surface area contributed by atoms with E-state index in [0.717, 1.165) is 71.7 Å². The molecule has 2 aromatic heterocycles. The third-order valence-corrected chi connectivity index (χ3v) is 9.17. The Bertz CT molecular complexity index is 1720. The van der Waals surface area contributed by atoms with Crippen LogP contribution in [0.5, 0.6) is 11.5 Å². The van der Waals surface area contributed by atoms with Crippen molar-refractivity contribution in [1.29, 1.82) is 0 Å². The minimum Gasteiger partial charge on any atom is -0.487 e. The standard InChI is InChI=1S/C33H36FN5O4/c1-20-27-16-35-32(38-11-5-7-23(41)18-38)37-29(27)14-28(36-20)26-13-30(43-21(2)40)31(25-9-4-3-8-24(25)26)42-19-33-10-6-12-39(33)17-22(34)15-33/h3-4,8-9,13-14,16,22-23,41H,5-7,10-12,15,17-19H2,1-2H3/t22-,23-,33+/m1/s1. The van der Waals surface area contributed by atoms with Gasteiger partial charge in [-0.15, -0.1) is 0 Å². The summed E-state index contributed by atoms with van der Waals surface area (Å²) in [5, 5.41) is 12.7. The van der Waals surface area contributed by atoms with Gasteiger partial charge in [-0.05, 0) is 56.7 Å². The van der Waals surface area contributed by atoms with Gasteiger partial charge >= 0.3 is 5.97 Å². The summed E-state index contributed by atoms with van der Waals surface area (Å²) in [4.78, 5) is 30.9. The van der Waals surface area contributed by atoms with E-state index < -0.39 is 18.2 Å². The van der Waals surface area contributed by atoms with Crippen LogP contribution in [-0.2, 0) is 4.79 Å². The number of nitrogens with zero attached hydrogens (tertiary/aromatic N) is 5. The highest BCUT2D eigenvalue weighted by atomic mass is 19.1. The Kier molecular flexibility index (Phi) is 7.13. The van der Waals surface area contributed by atoms with Crippen LogP contribution >= 0.6 is 0 Å².